The predicted octanol–water partition coefficient (Wildman–Crippen LogP) is 14.2. The Labute approximate surface area is 342 Å². The van der Waals surface area contributed by atoms with Crippen molar-refractivity contribution in [1.29, 1.82) is 0 Å². The van der Waals surface area contributed by atoms with E-state index in [4.69, 9.17) is 8.83 Å². The maximum Gasteiger partial charge on any atom is 0.394 e. The van der Waals surface area contributed by atoms with E-state index < -0.39 is 11.6 Å². The molecule has 0 atom stereocenters. The van der Waals surface area contributed by atoms with E-state index in [-0.39, 0.29) is 55.3 Å². The number of hydrogen-bond acceptors (Lipinski definition) is 5. The number of nitrogens with zero attached hydrogens (tertiary/aromatic N) is 1. The summed E-state index contributed by atoms with van der Waals surface area (Å²) < 4.78 is 52.7. The van der Waals surface area contributed by atoms with Crippen LogP contribution >= 0.6 is 0 Å². The number of allylic oxidation sites excluding steroid dienone is 2. The molecule has 3 heterocycles. The molecule has 6 aromatic rings. The van der Waals surface area contributed by atoms with Crippen molar-refractivity contribution in [2.24, 2.45) is 17.3 Å². The number of hydrogen-bond donors (Lipinski definition) is 1. The fourth-order valence-corrected chi connectivity index (χ4v) is 6.97. The first-order chi connectivity index (χ1) is 25.9. The zero-order valence-corrected chi connectivity index (χ0v) is 36.2. The number of alkyl halides is 3. The van der Waals surface area contributed by atoms with E-state index in [0.29, 0.717) is 33.9 Å². The summed E-state index contributed by atoms with van der Waals surface area (Å²) in [6.07, 6.45) is 2.25. The molecule has 301 valence electrons. The average molecular weight is 945 g/mol. The molecule has 9 heteroatoms. The summed E-state index contributed by atoms with van der Waals surface area (Å²) in [6, 6.07) is 24.6. The number of furan rings is 2. The first kappa shape index (κ1) is 44.5. The Morgan fingerprint density at radius 3 is 2.07 bits per heavy atom. The predicted molar refractivity (Wildman–Crippen MR) is 217 cm³/mol. The zero-order valence-electron chi connectivity index (χ0n) is 33.8. The van der Waals surface area contributed by atoms with E-state index in [2.05, 4.69) is 50.0 Å². The van der Waals surface area contributed by atoms with E-state index in [1.54, 1.807) is 24.4 Å². The Morgan fingerprint density at radius 2 is 1.45 bits per heavy atom. The minimum Gasteiger partial charge on any atom is -0.512 e. The number of fused-ring (bicyclic) bond motifs is 3. The number of carbonyl (C=O) groups excluding carboxylic acids is 1. The van der Waals surface area contributed by atoms with Gasteiger partial charge in [0.2, 0.25) is 0 Å². The van der Waals surface area contributed by atoms with Crippen LogP contribution in [0.25, 0.3) is 55.5 Å². The summed E-state index contributed by atoms with van der Waals surface area (Å²) in [5, 5.41) is 13.5. The van der Waals surface area contributed by atoms with Crippen molar-refractivity contribution in [1.82, 2.24) is 4.98 Å². The third-order valence-electron chi connectivity index (χ3n) is 10.6. The second-order valence-corrected chi connectivity index (χ2v) is 16.1. The van der Waals surface area contributed by atoms with Crippen LogP contribution in [0.4, 0.5) is 13.2 Å². The molecule has 0 aliphatic rings. The van der Waals surface area contributed by atoms with Crippen LogP contribution in [0.2, 0.25) is 0 Å². The maximum absolute atomic E-state index is 13.4. The summed E-state index contributed by atoms with van der Waals surface area (Å²) >= 11 is 0. The molecule has 0 bridgehead atoms. The molecule has 0 aliphatic carbocycles. The molecule has 3 aromatic heterocycles. The summed E-state index contributed by atoms with van der Waals surface area (Å²) in [6.45, 7) is 17.1. The largest absolute Gasteiger partial charge is 0.512 e. The molecule has 3 aromatic carbocycles. The molecule has 1 N–H and O–H groups in total. The average Bonchev–Trinajstić information content (AvgIpc) is 3.76. The van der Waals surface area contributed by atoms with Crippen LogP contribution in [0.3, 0.4) is 0 Å². The Balaban J connectivity index is 0.000000372. The molecular formula is C47H53F3IrNO4-. The van der Waals surface area contributed by atoms with Gasteiger partial charge in [-0.3, -0.25) is 9.78 Å². The van der Waals surface area contributed by atoms with Gasteiger partial charge in [0, 0.05) is 60.7 Å². The minimum absolute atomic E-state index is 0. The number of aliphatic hydroxyl groups excluding tert-OH is 1. The van der Waals surface area contributed by atoms with Gasteiger partial charge in [-0.1, -0.05) is 97.5 Å². The van der Waals surface area contributed by atoms with Crippen molar-refractivity contribution in [3.05, 3.63) is 102 Å². The van der Waals surface area contributed by atoms with Gasteiger partial charge in [-0.05, 0) is 73.4 Å². The van der Waals surface area contributed by atoms with E-state index in [1.807, 2.05) is 58.0 Å². The zero-order chi connectivity index (χ0) is 40.3. The van der Waals surface area contributed by atoms with Gasteiger partial charge in [-0.2, -0.15) is 13.2 Å². The van der Waals surface area contributed by atoms with Crippen LogP contribution in [0.5, 0.6) is 0 Å². The van der Waals surface area contributed by atoms with Gasteiger partial charge >= 0.3 is 6.18 Å². The first-order valence-corrected chi connectivity index (χ1v) is 19.3. The molecule has 0 aliphatic heterocycles. The summed E-state index contributed by atoms with van der Waals surface area (Å²) in [5.41, 5.74) is 2.61. The van der Waals surface area contributed by atoms with Crippen molar-refractivity contribution in [2.75, 3.05) is 0 Å². The quantitative estimate of drug-likeness (QED) is 0.0795. The monoisotopic (exact) mass is 945 g/mol. The Hall–Kier alpha value is -4.20. The van der Waals surface area contributed by atoms with Crippen LogP contribution in [0.15, 0.2) is 93.6 Å². The van der Waals surface area contributed by atoms with Gasteiger partial charge in [0.1, 0.15) is 11.2 Å². The van der Waals surface area contributed by atoms with E-state index in [1.165, 1.54) is 25.5 Å². The van der Waals surface area contributed by atoms with Crippen molar-refractivity contribution in [2.45, 2.75) is 106 Å². The van der Waals surface area contributed by atoms with Gasteiger partial charge in [-0.15, -0.1) is 29.1 Å². The fourth-order valence-electron chi connectivity index (χ4n) is 6.97. The molecule has 0 spiro atoms. The van der Waals surface area contributed by atoms with Crippen LogP contribution in [0.1, 0.15) is 99.1 Å². The molecule has 56 heavy (non-hydrogen) atoms. The Bertz CT molecular complexity index is 2300. The molecule has 0 saturated carbocycles. The topological polar surface area (TPSA) is 76.5 Å². The third-order valence-corrected chi connectivity index (χ3v) is 10.6. The minimum atomic E-state index is -4.29. The number of aromatic nitrogens is 1. The van der Waals surface area contributed by atoms with Crippen molar-refractivity contribution in [3.63, 3.8) is 0 Å². The third kappa shape index (κ3) is 9.84. The maximum atomic E-state index is 13.4. The van der Waals surface area contributed by atoms with Crippen molar-refractivity contribution < 1.29 is 52.0 Å². The van der Waals surface area contributed by atoms with Crippen molar-refractivity contribution in [3.8, 4) is 22.8 Å². The molecule has 1 radical (unpaired) electrons. The number of aliphatic hydroxyl groups is 1. The smallest absolute Gasteiger partial charge is 0.394 e. The van der Waals surface area contributed by atoms with Gasteiger partial charge in [0.25, 0.3) is 0 Å². The Morgan fingerprint density at radius 1 is 0.821 bits per heavy atom. The van der Waals surface area contributed by atoms with E-state index in [9.17, 15) is 23.1 Å². The first-order valence-electron chi connectivity index (χ1n) is 19.3. The number of benzene rings is 3. The standard InChI is InChI=1S/C34H29F3NO2.C13H24O2.Ir/c1-32(2,3)26-16-24(15-21-8-6-7-9-25(21)26)30-31-22(12-13-38-30)17-29(40-31)28-18-23-14-20(10-11-27(23)39-28)19-33(4,5)34(35,36)37;1-5-10(6-2)12(14)9-13(15)11(7-3)8-4;/h6-14,16-18H,19H2,1-5H3;9-11,14H,5-8H2,1-4H3;/q-1;;/b;12-9-;. The molecule has 0 amide bonds. The number of rotatable bonds is 11. The molecule has 0 saturated heterocycles. The van der Waals surface area contributed by atoms with E-state index in [0.717, 1.165) is 52.8 Å². The fraction of sp³-hybridized carbons (Fsp3) is 0.404. The number of ketones is 1. The van der Waals surface area contributed by atoms with Gasteiger partial charge in [-0.25, -0.2) is 0 Å². The number of pyridine rings is 1. The Kier molecular flexibility index (Phi) is 14.3. The molecule has 0 fully saturated rings. The van der Waals surface area contributed by atoms with Crippen molar-refractivity contribution >= 4 is 38.5 Å². The summed E-state index contributed by atoms with van der Waals surface area (Å²) in [4.78, 5) is 16.4. The molecule has 5 nitrogen and oxygen atoms in total. The van der Waals surface area contributed by atoms with Gasteiger partial charge in [0.05, 0.1) is 11.2 Å². The van der Waals surface area contributed by atoms with Crippen LogP contribution in [-0.4, -0.2) is 22.1 Å². The normalized spacial score (nSPS) is 12.7. The molecular weight excluding hydrogens is 892 g/mol. The van der Waals surface area contributed by atoms with Crippen LogP contribution in [0, 0.1) is 23.3 Å². The summed E-state index contributed by atoms with van der Waals surface area (Å²) in [5.74, 6) is 1.57. The second kappa shape index (κ2) is 17.9. The van der Waals surface area contributed by atoms with E-state index >= 15 is 0 Å². The summed E-state index contributed by atoms with van der Waals surface area (Å²) in [7, 11) is 0. The molecule has 6 rings (SSSR count). The SMILES string of the molecule is CC(C)(C)c1cc(-c2nccc3cc(-c4cc5cc(CC(C)(C)C(F)(F)F)ccc5o4)oc23)[c-]c2ccccc12.CCC(CC)C(=O)/C=C(\O)C(CC)CC.[Ir]. The number of carbonyl (C=O) groups is 1. The number of halogens is 3. The van der Waals surface area contributed by atoms with Gasteiger partial charge < -0.3 is 13.9 Å². The van der Waals surface area contributed by atoms with Crippen LogP contribution in [-0.2, 0) is 36.7 Å². The second-order valence-electron chi connectivity index (χ2n) is 16.1. The van der Waals surface area contributed by atoms with Gasteiger partial charge in [0.15, 0.2) is 17.3 Å². The van der Waals surface area contributed by atoms with Crippen LogP contribution < -0.4 is 0 Å². The molecule has 0 unspecified atom stereocenters.